The van der Waals surface area contributed by atoms with Crippen molar-refractivity contribution in [3.05, 3.63) is 34.4 Å². The molecule has 0 saturated carbocycles. The van der Waals surface area contributed by atoms with Crippen LogP contribution in [0.4, 0.5) is 17.6 Å². The number of benzene rings is 1. The molecule has 0 aromatic heterocycles. The number of rotatable bonds is 3. The topological polar surface area (TPSA) is 64.2 Å². The van der Waals surface area contributed by atoms with Crippen molar-refractivity contribution in [2.75, 3.05) is 0 Å². The molecule has 0 aliphatic heterocycles. The van der Waals surface area contributed by atoms with Gasteiger partial charge in [-0.15, -0.1) is 0 Å². The van der Waals surface area contributed by atoms with Crippen molar-refractivity contribution < 1.29 is 44.8 Å². The smallest absolute Gasteiger partial charge is 0.180 e. The third-order valence-electron chi connectivity index (χ3n) is 2.78. The van der Waals surface area contributed by atoms with Gasteiger partial charge in [-0.3, -0.25) is 0 Å². The van der Waals surface area contributed by atoms with Gasteiger partial charge in [0.05, 0.1) is 12.2 Å². The van der Waals surface area contributed by atoms with Gasteiger partial charge < -0.3 is 10.2 Å². The number of aliphatic hydroxyl groups is 2. The molecular formula is C12H11F4FeNO2. The first-order chi connectivity index (χ1) is 8.73. The predicted molar refractivity (Wildman–Crippen MR) is 57.1 cm³/mol. The van der Waals surface area contributed by atoms with E-state index in [4.69, 9.17) is 5.26 Å². The van der Waals surface area contributed by atoms with E-state index < -0.39 is 52.5 Å². The fourth-order valence-corrected chi connectivity index (χ4v) is 1.92. The third-order valence-corrected chi connectivity index (χ3v) is 2.78. The van der Waals surface area contributed by atoms with Crippen molar-refractivity contribution >= 4 is 0 Å². The Balaban J connectivity index is 0.00000361. The molecule has 0 amide bonds. The van der Waals surface area contributed by atoms with E-state index in [-0.39, 0.29) is 17.1 Å². The number of aliphatic hydroxyl groups excluding tert-OH is 2. The molecule has 8 heteroatoms. The Bertz CT molecular complexity index is 506. The molecule has 0 aliphatic rings. The second-order valence-electron chi connectivity index (χ2n) is 4.16. The molecule has 112 valence electrons. The van der Waals surface area contributed by atoms with E-state index >= 15 is 0 Å². The van der Waals surface area contributed by atoms with Crippen molar-refractivity contribution in [3.63, 3.8) is 0 Å². The Morgan fingerprint density at radius 3 is 1.50 bits per heavy atom. The maximum atomic E-state index is 13.7. The summed E-state index contributed by atoms with van der Waals surface area (Å²) in [4.78, 5) is 0. The maximum absolute atomic E-state index is 13.7. The fraction of sp³-hybridized carbons (Fsp3) is 0.417. The van der Waals surface area contributed by atoms with Crippen LogP contribution in [0.25, 0.3) is 0 Å². The normalized spacial score (nSPS) is 14.9. The molecule has 1 rings (SSSR count). The molecule has 0 spiro atoms. The largest absolute Gasteiger partial charge is 0.393 e. The molecular weight excluding hydrogens is 322 g/mol. The monoisotopic (exact) mass is 333 g/mol. The summed E-state index contributed by atoms with van der Waals surface area (Å²) in [6, 6.07) is 1.01. The summed E-state index contributed by atoms with van der Waals surface area (Å²) >= 11 is 0. The number of hydrogen-bond donors (Lipinski definition) is 2. The number of nitriles is 1. The molecule has 2 unspecified atom stereocenters. The zero-order valence-corrected chi connectivity index (χ0v) is 11.5. The standard InChI is InChI=1S/C12H11F4NO2.Fe/c1-4(18)7(5(2)19)8-11(15)9(13)6(3-17)10(14)12(8)16;/h4-5,7,18-19H,1-2H3;. The SMILES string of the molecule is CC(O)C(c1c(F)c(F)c(C#N)c(F)c1F)C(C)O.[Fe]. The molecule has 2 atom stereocenters. The number of halogens is 4. The van der Waals surface area contributed by atoms with Gasteiger partial charge in [0.1, 0.15) is 11.6 Å². The summed E-state index contributed by atoms with van der Waals surface area (Å²) in [6.07, 6.45) is -2.90. The summed E-state index contributed by atoms with van der Waals surface area (Å²) in [5.74, 6) is -8.83. The average Bonchev–Trinajstić information content (AvgIpc) is 2.31. The van der Waals surface area contributed by atoms with Crippen molar-refractivity contribution in [2.24, 2.45) is 0 Å². The summed E-state index contributed by atoms with van der Waals surface area (Å²) in [7, 11) is 0. The van der Waals surface area contributed by atoms with Crippen LogP contribution in [0.3, 0.4) is 0 Å². The van der Waals surface area contributed by atoms with Crippen LogP contribution in [0, 0.1) is 34.6 Å². The Hall–Kier alpha value is -1.13. The first kappa shape index (κ1) is 18.9. The zero-order chi connectivity index (χ0) is 14.9. The summed E-state index contributed by atoms with van der Waals surface area (Å²) in [6.45, 7) is 2.23. The molecule has 0 heterocycles. The Morgan fingerprint density at radius 1 is 0.900 bits per heavy atom. The quantitative estimate of drug-likeness (QED) is 0.505. The van der Waals surface area contributed by atoms with Gasteiger partial charge in [0.2, 0.25) is 0 Å². The molecule has 0 bridgehead atoms. The molecule has 1 aromatic rings. The van der Waals surface area contributed by atoms with E-state index in [1.807, 2.05) is 0 Å². The van der Waals surface area contributed by atoms with Gasteiger partial charge in [-0.05, 0) is 13.8 Å². The first-order valence-corrected chi connectivity index (χ1v) is 5.36. The van der Waals surface area contributed by atoms with E-state index in [0.717, 1.165) is 19.9 Å². The van der Waals surface area contributed by atoms with Crippen LogP contribution >= 0.6 is 0 Å². The van der Waals surface area contributed by atoms with Crippen LogP contribution < -0.4 is 0 Å². The first-order valence-electron chi connectivity index (χ1n) is 5.36. The van der Waals surface area contributed by atoms with E-state index in [1.165, 1.54) is 0 Å². The molecule has 0 radical (unpaired) electrons. The Morgan fingerprint density at radius 2 is 1.25 bits per heavy atom. The van der Waals surface area contributed by atoms with Gasteiger partial charge in [-0.25, -0.2) is 17.6 Å². The summed E-state index contributed by atoms with van der Waals surface area (Å²) < 4.78 is 54.3. The third kappa shape index (κ3) is 3.13. The minimum absolute atomic E-state index is 0. The molecule has 0 aliphatic carbocycles. The van der Waals surface area contributed by atoms with E-state index in [9.17, 15) is 27.8 Å². The van der Waals surface area contributed by atoms with E-state index in [0.29, 0.717) is 0 Å². The fourth-order valence-electron chi connectivity index (χ4n) is 1.92. The zero-order valence-electron chi connectivity index (χ0n) is 10.4. The summed E-state index contributed by atoms with van der Waals surface area (Å²) in [5.41, 5.74) is -2.49. The van der Waals surface area contributed by atoms with Crippen LogP contribution in [0.5, 0.6) is 0 Å². The number of nitrogens with zero attached hydrogens (tertiary/aromatic N) is 1. The Labute approximate surface area is 123 Å². The van der Waals surface area contributed by atoms with Crippen LogP contribution in [0.15, 0.2) is 0 Å². The molecule has 2 N–H and O–H groups in total. The second-order valence-corrected chi connectivity index (χ2v) is 4.16. The second kappa shape index (κ2) is 7.04. The van der Waals surface area contributed by atoms with Gasteiger partial charge in [0.15, 0.2) is 23.3 Å². The molecule has 1 aromatic carbocycles. The van der Waals surface area contributed by atoms with Crippen LogP contribution in [-0.4, -0.2) is 22.4 Å². The van der Waals surface area contributed by atoms with Crippen LogP contribution in [0.1, 0.15) is 30.9 Å². The van der Waals surface area contributed by atoms with Crippen molar-refractivity contribution in [2.45, 2.75) is 32.0 Å². The van der Waals surface area contributed by atoms with E-state index in [2.05, 4.69) is 0 Å². The van der Waals surface area contributed by atoms with E-state index in [1.54, 1.807) is 0 Å². The minimum atomic E-state index is -1.84. The van der Waals surface area contributed by atoms with Gasteiger partial charge in [-0.2, -0.15) is 5.26 Å². The van der Waals surface area contributed by atoms with Gasteiger partial charge in [-0.1, -0.05) is 0 Å². The molecule has 0 saturated heterocycles. The van der Waals surface area contributed by atoms with Gasteiger partial charge in [0, 0.05) is 28.6 Å². The van der Waals surface area contributed by atoms with Crippen molar-refractivity contribution in [3.8, 4) is 6.07 Å². The van der Waals surface area contributed by atoms with Crippen LogP contribution in [-0.2, 0) is 17.1 Å². The maximum Gasteiger partial charge on any atom is 0.180 e. The minimum Gasteiger partial charge on any atom is -0.393 e. The van der Waals surface area contributed by atoms with Crippen molar-refractivity contribution in [1.29, 1.82) is 5.26 Å². The van der Waals surface area contributed by atoms with Gasteiger partial charge in [0.25, 0.3) is 0 Å². The Kier molecular flexibility index (Phi) is 6.65. The van der Waals surface area contributed by atoms with Crippen molar-refractivity contribution in [1.82, 2.24) is 0 Å². The summed E-state index contributed by atoms with van der Waals surface area (Å²) in [5, 5.41) is 27.2. The van der Waals surface area contributed by atoms with Crippen LogP contribution in [0.2, 0.25) is 0 Å². The average molecular weight is 333 g/mol. The molecule has 3 nitrogen and oxygen atoms in total. The molecule has 20 heavy (non-hydrogen) atoms. The predicted octanol–water partition coefficient (Wildman–Crippen LogP) is 1.96. The molecule has 0 fully saturated rings. The van der Waals surface area contributed by atoms with Gasteiger partial charge >= 0.3 is 0 Å². The number of hydrogen-bond acceptors (Lipinski definition) is 3.